The van der Waals surface area contributed by atoms with E-state index in [0.717, 1.165) is 5.56 Å². The number of carbonyl (C=O) groups is 1. The molecule has 0 aliphatic carbocycles. The van der Waals surface area contributed by atoms with Gasteiger partial charge in [-0.3, -0.25) is 18.8 Å². The Labute approximate surface area is 142 Å². The molecule has 0 aliphatic rings. The summed E-state index contributed by atoms with van der Waals surface area (Å²) in [4.78, 5) is 28.3. The van der Waals surface area contributed by atoms with E-state index in [0.29, 0.717) is 16.1 Å². The van der Waals surface area contributed by atoms with Crippen molar-refractivity contribution in [2.45, 2.75) is 19.6 Å². The fraction of sp³-hybridized carbons (Fsp3) is 0.250. The van der Waals surface area contributed by atoms with Crippen molar-refractivity contribution in [1.82, 2.24) is 19.3 Å². The second-order valence-electron chi connectivity index (χ2n) is 5.25. The van der Waals surface area contributed by atoms with E-state index in [1.54, 1.807) is 19.2 Å². The van der Waals surface area contributed by atoms with Gasteiger partial charge in [0.2, 0.25) is 0 Å². The molecule has 0 N–H and O–H groups in total. The molecule has 0 unspecified atom stereocenters. The first kappa shape index (κ1) is 16.2. The van der Waals surface area contributed by atoms with Crippen LogP contribution in [0.2, 0.25) is 5.02 Å². The molecule has 3 rings (SSSR count). The predicted molar refractivity (Wildman–Crippen MR) is 88.6 cm³/mol. The lowest BCUT2D eigenvalue weighted by Gasteiger charge is -2.07. The predicted octanol–water partition coefficient (Wildman–Crippen LogP) is 1.92. The number of carbonyl (C=O) groups excluding carboxylic acids is 1. The van der Waals surface area contributed by atoms with Crippen LogP contribution >= 0.6 is 11.6 Å². The van der Waals surface area contributed by atoms with E-state index in [2.05, 4.69) is 10.1 Å². The van der Waals surface area contributed by atoms with Gasteiger partial charge in [-0.2, -0.15) is 5.10 Å². The number of esters is 1. The molecule has 0 atom stereocenters. The smallest absolute Gasteiger partial charge is 0.307 e. The highest BCUT2D eigenvalue weighted by Crippen LogP contribution is 2.15. The number of halogens is 1. The Kier molecular flexibility index (Phi) is 4.61. The summed E-state index contributed by atoms with van der Waals surface area (Å²) >= 11 is 6.01. The maximum atomic E-state index is 12.3. The van der Waals surface area contributed by atoms with Gasteiger partial charge in [-0.1, -0.05) is 29.8 Å². The molecule has 0 saturated carbocycles. The molecule has 0 spiro atoms. The van der Waals surface area contributed by atoms with Crippen molar-refractivity contribution in [3.05, 3.63) is 57.7 Å². The van der Waals surface area contributed by atoms with Crippen molar-refractivity contribution in [3.63, 3.8) is 0 Å². The van der Waals surface area contributed by atoms with E-state index in [1.807, 2.05) is 12.1 Å². The zero-order valence-electron chi connectivity index (χ0n) is 13.0. The molecular weight excluding hydrogens is 332 g/mol. The number of hydrogen-bond donors (Lipinski definition) is 0. The average molecular weight is 347 g/mol. The Bertz CT molecular complexity index is 948. The van der Waals surface area contributed by atoms with Crippen molar-refractivity contribution in [2.75, 3.05) is 0 Å². The van der Waals surface area contributed by atoms with Gasteiger partial charge in [0.15, 0.2) is 5.65 Å². The number of aryl methyl sites for hydroxylation is 2. The van der Waals surface area contributed by atoms with Crippen molar-refractivity contribution in [1.29, 1.82) is 0 Å². The number of ether oxygens (including phenoxy) is 1. The van der Waals surface area contributed by atoms with Crippen molar-refractivity contribution >= 4 is 28.6 Å². The molecule has 0 bridgehead atoms. The van der Waals surface area contributed by atoms with E-state index in [-0.39, 0.29) is 25.1 Å². The third kappa shape index (κ3) is 3.30. The fourth-order valence-electron chi connectivity index (χ4n) is 2.28. The first-order valence-corrected chi connectivity index (χ1v) is 7.70. The number of hydrogen-bond acceptors (Lipinski definition) is 5. The van der Waals surface area contributed by atoms with Gasteiger partial charge < -0.3 is 4.74 Å². The summed E-state index contributed by atoms with van der Waals surface area (Å²) in [5, 5.41) is 4.97. The maximum absolute atomic E-state index is 12.3. The molecule has 0 aliphatic heterocycles. The zero-order valence-corrected chi connectivity index (χ0v) is 13.7. The molecule has 124 valence electrons. The van der Waals surface area contributed by atoms with Crippen LogP contribution < -0.4 is 5.56 Å². The number of benzene rings is 1. The lowest BCUT2D eigenvalue weighted by molar-refractivity contribution is -0.145. The van der Waals surface area contributed by atoms with Crippen molar-refractivity contribution < 1.29 is 9.53 Å². The summed E-state index contributed by atoms with van der Waals surface area (Å²) in [5.41, 5.74) is 1.02. The van der Waals surface area contributed by atoms with Crippen molar-refractivity contribution in [2.24, 2.45) is 7.05 Å². The molecule has 7 nitrogen and oxygen atoms in total. The highest BCUT2D eigenvalue weighted by molar-refractivity contribution is 6.31. The molecule has 0 saturated heterocycles. The molecule has 0 fully saturated rings. The monoisotopic (exact) mass is 346 g/mol. The summed E-state index contributed by atoms with van der Waals surface area (Å²) in [6.07, 6.45) is 2.95. The lowest BCUT2D eigenvalue weighted by atomic mass is 10.2. The third-order valence-corrected chi connectivity index (χ3v) is 3.99. The Morgan fingerprint density at radius 1 is 1.33 bits per heavy atom. The minimum absolute atomic E-state index is 0.0673. The van der Waals surface area contributed by atoms with Crippen LogP contribution in [-0.2, 0) is 29.7 Å². The average Bonchev–Trinajstić information content (AvgIpc) is 2.95. The number of fused-ring (bicyclic) bond motifs is 1. The topological polar surface area (TPSA) is 79.0 Å². The summed E-state index contributed by atoms with van der Waals surface area (Å²) in [6, 6.07) is 7.16. The van der Waals surface area contributed by atoms with Gasteiger partial charge in [-0.15, -0.1) is 0 Å². The first-order chi connectivity index (χ1) is 11.6. The number of aromatic nitrogens is 4. The van der Waals surface area contributed by atoms with Gasteiger partial charge >= 0.3 is 5.97 Å². The van der Waals surface area contributed by atoms with Gasteiger partial charge in [-0.05, 0) is 6.07 Å². The van der Waals surface area contributed by atoms with E-state index >= 15 is 0 Å². The van der Waals surface area contributed by atoms with Crippen LogP contribution in [0.15, 0.2) is 41.6 Å². The maximum Gasteiger partial charge on any atom is 0.307 e. The van der Waals surface area contributed by atoms with E-state index in [1.165, 1.54) is 21.8 Å². The van der Waals surface area contributed by atoms with Crippen molar-refractivity contribution in [3.8, 4) is 0 Å². The minimum Gasteiger partial charge on any atom is -0.461 e. The molecule has 3 aromatic rings. The van der Waals surface area contributed by atoms with E-state index < -0.39 is 5.97 Å². The Balaban J connectivity index is 1.61. The molecule has 2 aromatic heterocycles. The Hall–Kier alpha value is -2.67. The highest BCUT2D eigenvalue weighted by atomic mass is 35.5. The second-order valence-corrected chi connectivity index (χ2v) is 5.66. The SMILES string of the molecule is Cn1ncc2c(=O)n(CCC(=O)OCc3ccccc3Cl)cnc21. The second kappa shape index (κ2) is 6.84. The first-order valence-electron chi connectivity index (χ1n) is 7.32. The van der Waals surface area contributed by atoms with Crippen LogP contribution in [0.1, 0.15) is 12.0 Å². The standard InChI is InChI=1S/C16H15ClN4O3/c1-20-15-12(8-19-20)16(23)21(10-18-15)7-6-14(22)24-9-11-4-2-3-5-13(11)17/h2-5,8,10H,6-7,9H2,1H3. The zero-order chi connectivity index (χ0) is 17.1. The quantitative estimate of drug-likeness (QED) is 0.659. The molecule has 8 heteroatoms. The van der Waals surface area contributed by atoms with Crippen LogP contribution in [-0.4, -0.2) is 25.3 Å². The fourth-order valence-corrected chi connectivity index (χ4v) is 2.47. The van der Waals surface area contributed by atoms with E-state index in [4.69, 9.17) is 16.3 Å². The van der Waals surface area contributed by atoms with Crippen LogP contribution in [0, 0.1) is 0 Å². The molecule has 0 radical (unpaired) electrons. The normalized spacial score (nSPS) is 10.9. The summed E-state index contributed by atoms with van der Waals surface area (Å²) in [7, 11) is 1.71. The van der Waals surface area contributed by atoms with Gasteiger partial charge in [0.25, 0.3) is 5.56 Å². The minimum atomic E-state index is -0.409. The van der Waals surface area contributed by atoms with Gasteiger partial charge in [0, 0.05) is 24.2 Å². The number of rotatable bonds is 5. The Morgan fingerprint density at radius 3 is 2.92 bits per heavy atom. The highest BCUT2D eigenvalue weighted by Gasteiger charge is 2.10. The summed E-state index contributed by atoms with van der Waals surface area (Å²) < 4.78 is 8.09. The van der Waals surface area contributed by atoms with Crippen LogP contribution in [0.3, 0.4) is 0 Å². The van der Waals surface area contributed by atoms with E-state index in [9.17, 15) is 9.59 Å². The largest absolute Gasteiger partial charge is 0.461 e. The van der Waals surface area contributed by atoms with Gasteiger partial charge in [0.05, 0.1) is 18.9 Å². The summed E-state index contributed by atoms with van der Waals surface area (Å²) in [5.74, 6) is -0.409. The molecule has 1 aromatic carbocycles. The molecule has 2 heterocycles. The van der Waals surface area contributed by atoms with Crippen LogP contribution in [0.4, 0.5) is 0 Å². The van der Waals surface area contributed by atoms with Crippen LogP contribution in [0.25, 0.3) is 11.0 Å². The number of nitrogens with zero attached hydrogens (tertiary/aromatic N) is 4. The van der Waals surface area contributed by atoms with Gasteiger partial charge in [0.1, 0.15) is 12.0 Å². The molecule has 24 heavy (non-hydrogen) atoms. The Morgan fingerprint density at radius 2 is 2.12 bits per heavy atom. The van der Waals surface area contributed by atoms with Gasteiger partial charge in [-0.25, -0.2) is 4.98 Å². The third-order valence-electron chi connectivity index (χ3n) is 3.62. The van der Waals surface area contributed by atoms with Crippen LogP contribution in [0.5, 0.6) is 0 Å². The summed E-state index contributed by atoms with van der Waals surface area (Å²) in [6.45, 7) is 0.297. The molecule has 0 amide bonds. The lowest BCUT2D eigenvalue weighted by Crippen LogP contribution is -2.22. The molecular formula is C16H15ClN4O3.